The van der Waals surface area contributed by atoms with Crippen molar-refractivity contribution in [3.63, 3.8) is 0 Å². The molecule has 1 aliphatic rings. The van der Waals surface area contributed by atoms with Crippen molar-refractivity contribution >= 4 is 16.0 Å². The Balaban J connectivity index is 1.61. The molecule has 1 aromatic heterocycles. The quantitative estimate of drug-likeness (QED) is 0.539. The van der Waals surface area contributed by atoms with Gasteiger partial charge >= 0.3 is 15.7 Å². The third kappa shape index (κ3) is 4.58. The zero-order chi connectivity index (χ0) is 19.6. The third-order valence-electron chi connectivity index (χ3n) is 3.99. The average molecular weight is 395 g/mol. The van der Waals surface area contributed by atoms with E-state index in [0.717, 1.165) is 41.2 Å². The van der Waals surface area contributed by atoms with Gasteiger partial charge in [0.2, 0.25) is 0 Å². The van der Waals surface area contributed by atoms with Crippen LogP contribution in [0.25, 0.3) is 0 Å². The lowest BCUT2D eigenvalue weighted by Crippen LogP contribution is -2.36. The first-order valence-corrected chi connectivity index (χ1v) is 9.87. The van der Waals surface area contributed by atoms with E-state index in [1.807, 2.05) is 39.0 Å². The molecule has 2 N–H and O–H groups in total. The van der Waals surface area contributed by atoms with Gasteiger partial charge in [0.15, 0.2) is 5.84 Å². The van der Waals surface area contributed by atoms with Crippen LogP contribution in [0.1, 0.15) is 34.6 Å². The van der Waals surface area contributed by atoms with Crippen LogP contribution in [0.3, 0.4) is 0 Å². The lowest BCUT2D eigenvalue weighted by atomic mass is 10.0. The van der Waals surface area contributed by atoms with Gasteiger partial charge in [0, 0.05) is 18.1 Å². The first-order valence-electron chi connectivity index (χ1n) is 8.37. The Morgan fingerprint density at radius 3 is 2.48 bits per heavy atom. The van der Waals surface area contributed by atoms with E-state index in [-0.39, 0.29) is 5.84 Å². The first kappa shape index (κ1) is 19.2. The third-order valence-corrected chi connectivity index (χ3v) is 4.73. The Morgan fingerprint density at radius 2 is 1.93 bits per heavy atom. The van der Waals surface area contributed by atoms with Crippen LogP contribution in [0.4, 0.5) is 0 Å². The number of rotatable bonds is 7. The van der Waals surface area contributed by atoms with E-state index < -0.39 is 15.7 Å². The van der Waals surface area contributed by atoms with Gasteiger partial charge < -0.3 is 19.4 Å². The van der Waals surface area contributed by atoms with Crippen LogP contribution in [0.2, 0.25) is 0 Å². The maximum absolute atomic E-state index is 11.1. The molecule has 1 unspecified atom stereocenters. The molecule has 146 valence electrons. The van der Waals surface area contributed by atoms with E-state index >= 15 is 0 Å². The summed E-state index contributed by atoms with van der Waals surface area (Å²) in [6.45, 7) is 6.18. The number of benzene rings is 1. The molecule has 1 atom stereocenters. The molecule has 0 spiro atoms. The van der Waals surface area contributed by atoms with E-state index in [9.17, 15) is 8.42 Å². The zero-order valence-electron chi connectivity index (χ0n) is 15.2. The Kier molecular flexibility index (Phi) is 5.38. The van der Waals surface area contributed by atoms with Crippen LogP contribution in [-0.4, -0.2) is 36.1 Å². The highest BCUT2D eigenvalue weighted by Crippen LogP contribution is 2.26. The fraction of sp³-hybridized carbons (Fsp3) is 0.412. The normalized spacial score (nSPS) is 16.6. The number of ether oxygens (including phenoxy) is 1. The van der Waals surface area contributed by atoms with Gasteiger partial charge in [-0.05, 0) is 50.5 Å². The molecule has 0 saturated carbocycles. The van der Waals surface area contributed by atoms with Crippen molar-refractivity contribution in [2.45, 2.75) is 39.2 Å². The number of hydrogen-bond donors (Lipinski definition) is 2. The summed E-state index contributed by atoms with van der Waals surface area (Å²) in [7, 11) is -4.39. The Labute approximate surface area is 157 Å². The lowest BCUT2D eigenvalue weighted by molar-refractivity contribution is 0.122. The fourth-order valence-electron chi connectivity index (χ4n) is 2.80. The molecule has 0 radical (unpaired) electrons. The highest BCUT2D eigenvalue weighted by Gasteiger charge is 2.31. The lowest BCUT2D eigenvalue weighted by Gasteiger charge is -2.14. The summed E-state index contributed by atoms with van der Waals surface area (Å²) in [5.41, 5.74) is 1.65. The SMILES string of the molecule is Cc1cc(CCCOc2c(C)cc(C3=NOC(S(=O)(=O)O)N3)cc2C)on1. The van der Waals surface area contributed by atoms with Crippen LogP contribution in [-0.2, 0) is 21.4 Å². The molecule has 9 nitrogen and oxygen atoms in total. The van der Waals surface area contributed by atoms with Gasteiger partial charge in [-0.15, -0.1) is 0 Å². The summed E-state index contributed by atoms with van der Waals surface area (Å²) in [6, 6.07) is 5.52. The van der Waals surface area contributed by atoms with Gasteiger partial charge in [0.05, 0.1) is 12.3 Å². The van der Waals surface area contributed by atoms with Crippen LogP contribution < -0.4 is 10.1 Å². The molecule has 3 rings (SSSR count). The predicted octanol–water partition coefficient (Wildman–Crippen LogP) is 2.06. The van der Waals surface area contributed by atoms with Gasteiger partial charge in [-0.25, -0.2) is 0 Å². The molecule has 0 aliphatic carbocycles. The minimum absolute atomic E-state index is 0.232. The molecule has 10 heteroatoms. The number of nitrogens with one attached hydrogen (secondary N) is 1. The molecule has 0 amide bonds. The molecule has 0 fully saturated rings. The Hall–Kier alpha value is -2.59. The second-order valence-electron chi connectivity index (χ2n) is 6.36. The molecule has 0 saturated heterocycles. The van der Waals surface area contributed by atoms with Crippen molar-refractivity contribution in [3.05, 3.63) is 46.3 Å². The van der Waals surface area contributed by atoms with Crippen LogP contribution in [0, 0.1) is 20.8 Å². The summed E-state index contributed by atoms with van der Waals surface area (Å²) in [6.07, 6.45) is 1.53. The fourth-order valence-corrected chi connectivity index (χ4v) is 3.21. The summed E-state index contributed by atoms with van der Waals surface area (Å²) in [5.74, 6) is 1.83. The summed E-state index contributed by atoms with van der Waals surface area (Å²) in [5, 5.41) is 10.1. The number of oxime groups is 1. The zero-order valence-corrected chi connectivity index (χ0v) is 16.0. The number of aromatic nitrogens is 1. The monoisotopic (exact) mass is 395 g/mol. The molecule has 1 aromatic carbocycles. The number of aryl methyl sites for hydroxylation is 4. The number of hydrogen-bond acceptors (Lipinski definition) is 8. The van der Waals surface area contributed by atoms with Gasteiger partial charge in [0.25, 0.3) is 0 Å². The van der Waals surface area contributed by atoms with E-state index in [0.29, 0.717) is 12.2 Å². The van der Waals surface area contributed by atoms with Crippen molar-refractivity contribution < 1.29 is 27.1 Å². The van der Waals surface area contributed by atoms with Gasteiger partial charge in [-0.3, -0.25) is 4.55 Å². The van der Waals surface area contributed by atoms with Gasteiger partial charge in [-0.2, -0.15) is 8.42 Å². The van der Waals surface area contributed by atoms with E-state index in [1.165, 1.54) is 0 Å². The van der Waals surface area contributed by atoms with Crippen molar-refractivity contribution in [1.29, 1.82) is 0 Å². The minimum atomic E-state index is -4.39. The summed E-state index contributed by atoms with van der Waals surface area (Å²) >= 11 is 0. The first-order chi connectivity index (χ1) is 12.7. The Bertz CT molecular complexity index is 944. The van der Waals surface area contributed by atoms with Crippen LogP contribution in [0.5, 0.6) is 5.75 Å². The van der Waals surface area contributed by atoms with E-state index in [1.54, 1.807) is 0 Å². The molecular formula is C17H21N3O6S. The second kappa shape index (κ2) is 7.57. The highest BCUT2D eigenvalue weighted by atomic mass is 32.2. The molecule has 1 aliphatic heterocycles. The molecule has 27 heavy (non-hydrogen) atoms. The molecule has 0 bridgehead atoms. The summed E-state index contributed by atoms with van der Waals surface area (Å²) in [4.78, 5) is 4.71. The largest absolute Gasteiger partial charge is 0.493 e. The van der Waals surface area contributed by atoms with Crippen molar-refractivity contribution in [3.8, 4) is 5.75 Å². The Morgan fingerprint density at radius 1 is 1.22 bits per heavy atom. The second-order valence-corrected chi connectivity index (χ2v) is 7.82. The molecule has 2 heterocycles. The van der Waals surface area contributed by atoms with Crippen LogP contribution >= 0.6 is 0 Å². The van der Waals surface area contributed by atoms with E-state index in [4.69, 9.17) is 18.7 Å². The standard InChI is InChI=1S/C17H21N3O6S/c1-10-7-13(16-18-17(26-20-16)27(21,22)23)8-11(2)15(10)24-6-4-5-14-9-12(3)19-25-14/h7-9,17H,4-6H2,1-3H3,(H,18,20)(H,21,22,23). The topological polar surface area (TPSA) is 123 Å². The predicted molar refractivity (Wildman–Crippen MR) is 97.1 cm³/mol. The maximum atomic E-state index is 11.1. The van der Waals surface area contributed by atoms with Crippen molar-refractivity contribution in [1.82, 2.24) is 10.5 Å². The average Bonchev–Trinajstić information content (AvgIpc) is 3.22. The highest BCUT2D eigenvalue weighted by molar-refractivity contribution is 7.86. The smallest absolute Gasteiger partial charge is 0.326 e. The van der Waals surface area contributed by atoms with Crippen molar-refractivity contribution in [2.24, 2.45) is 5.16 Å². The maximum Gasteiger partial charge on any atom is 0.326 e. The van der Waals surface area contributed by atoms with Gasteiger partial charge in [0.1, 0.15) is 11.5 Å². The molecule has 2 aromatic rings. The summed E-state index contributed by atoms with van der Waals surface area (Å²) < 4.78 is 42.3. The van der Waals surface area contributed by atoms with Gasteiger partial charge in [-0.1, -0.05) is 10.3 Å². The number of nitrogens with zero attached hydrogens (tertiary/aromatic N) is 2. The minimum Gasteiger partial charge on any atom is -0.493 e. The van der Waals surface area contributed by atoms with E-state index in [2.05, 4.69) is 15.6 Å². The van der Waals surface area contributed by atoms with Crippen LogP contribution in [0.15, 0.2) is 27.9 Å². The molecular weight excluding hydrogens is 374 g/mol. The van der Waals surface area contributed by atoms with Crippen molar-refractivity contribution in [2.75, 3.05) is 6.61 Å². The number of amidine groups is 1.